The number of aromatic hydroxyl groups is 1. The largest absolute Gasteiger partial charge is 0.506 e. The third kappa shape index (κ3) is 6.34. The lowest BCUT2D eigenvalue weighted by Crippen LogP contribution is -2.47. The number of carbonyl (C=O) groups is 1. The van der Waals surface area contributed by atoms with Crippen LogP contribution in [0.5, 0.6) is 11.5 Å². The Balaban J connectivity index is 1.46. The fraction of sp³-hybridized carbons (Fsp3) is 0.387. The molecule has 2 heterocycles. The number of ether oxygens (including phenoxy) is 1. The molecule has 0 aromatic heterocycles. The molecule has 12 heteroatoms. The molecule has 0 radical (unpaired) electrons. The molecule has 1 saturated heterocycles. The Bertz CT molecular complexity index is 1480. The van der Waals surface area contributed by atoms with Crippen molar-refractivity contribution in [3.05, 3.63) is 71.8 Å². The van der Waals surface area contributed by atoms with Crippen LogP contribution in [0.4, 0.5) is 49.5 Å². The first-order valence-corrected chi connectivity index (χ1v) is 14.0. The molecule has 5 rings (SSSR count). The van der Waals surface area contributed by atoms with Gasteiger partial charge in [-0.2, -0.15) is 22.0 Å². The van der Waals surface area contributed by atoms with E-state index in [-0.39, 0.29) is 35.3 Å². The molecule has 3 N–H and O–H groups in total. The number of hydrogen-bond acceptors (Lipinski definition) is 5. The van der Waals surface area contributed by atoms with Gasteiger partial charge in [-0.3, -0.25) is 0 Å². The minimum absolute atomic E-state index is 0.0808. The average Bonchev–Trinajstić information content (AvgIpc) is 3.24. The van der Waals surface area contributed by atoms with Crippen LogP contribution in [0.3, 0.4) is 0 Å². The summed E-state index contributed by atoms with van der Waals surface area (Å²) < 4.78 is 73.9. The van der Waals surface area contributed by atoms with Gasteiger partial charge in [-0.1, -0.05) is 12.1 Å². The number of alkyl halides is 5. The normalized spacial score (nSPS) is 16.8. The van der Waals surface area contributed by atoms with E-state index in [0.717, 1.165) is 12.1 Å². The van der Waals surface area contributed by atoms with Gasteiger partial charge in [0.05, 0.1) is 22.6 Å². The number of fused-ring (bicyclic) bond motifs is 2. The standard InChI is InChI=1S/C31H33F5N4O3/c1-19(2)39-16-14-30(15-17-39)18-40(27-25(41)13-12-22(26(27)30)31(34,35)36)24-7-5-4-6-23(24)38-28(42)37-20-8-10-21(11-9-20)43-29(3,32)33/h4-13,19,41H,14-18H2,1-3H3,(H2,37,38,42). The molecule has 7 nitrogen and oxygen atoms in total. The van der Waals surface area contributed by atoms with E-state index in [1.54, 1.807) is 29.2 Å². The number of likely N-dealkylation sites (tertiary alicyclic amines) is 1. The number of rotatable bonds is 6. The quantitative estimate of drug-likeness (QED) is 0.249. The van der Waals surface area contributed by atoms with Crippen LogP contribution in [-0.4, -0.2) is 47.8 Å². The van der Waals surface area contributed by atoms with E-state index in [1.165, 1.54) is 24.3 Å². The van der Waals surface area contributed by atoms with Crippen LogP contribution in [0.15, 0.2) is 60.7 Å². The summed E-state index contributed by atoms with van der Waals surface area (Å²) in [6, 6.07) is 13.7. The van der Waals surface area contributed by atoms with Crippen LogP contribution < -0.4 is 20.3 Å². The molecular weight excluding hydrogens is 571 g/mol. The summed E-state index contributed by atoms with van der Waals surface area (Å²) in [7, 11) is 0. The zero-order chi connectivity index (χ0) is 31.2. The molecule has 0 atom stereocenters. The molecule has 0 bridgehead atoms. The van der Waals surface area contributed by atoms with E-state index in [0.29, 0.717) is 49.9 Å². The highest BCUT2D eigenvalue weighted by Crippen LogP contribution is 2.57. The molecule has 43 heavy (non-hydrogen) atoms. The first-order valence-electron chi connectivity index (χ1n) is 14.0. The highest BCUT2D eigenvalue weighted by Gasteiger charge is 2.52. The van der Waals surface area contributed by atoms with Crippen molar-refractivity contribution in [2.24, 2.45) is 0 Å². The Labute approximate surface area is 246 Å². The fourth-order valence-electron chi connectivity index (χ4n) is 6.08. The van der Waals surface area contributed by atoms with Gasteiger partial charge in [0, 0.05) is 30.6 Å². The fourth-order valence-corrected chi connectivity index (χ4v) is 6.08. The zero-order valence-electron chi connectivity index (χ0n) is 23.9. The number of piperidine rings is 1. The molecule has 2 aliphatic rings. The Morgan fingerprint density at radius 3 is 2.21 bits per heavy atom. The smallest absolute Gasteiger partial charge is 0.416 e. The van der Waals surface area contributed by atoms with Crippen LogP contribution >= 0.6 is 0 Å². The first-order chi connectivity index (χ1) is 20.2. The second-order valence-corrected chi connectivity index (χ2v) is 11.4. The number of carbonyl (C=O) groups excluding carboxylic acids is 1. The number of nitrogens with zero attached hydrogens (tertiary/aromatic N) is 2. The van der Waals surface area contributed by atoms with E-state index in [4.69, 9.17) is 0 Å². The van der Waals surface area contributed by atoms with Crippen molar-refractivity contribution in [2.45, 2.75) is 57.4 Å². The monoisotopic (exact) mass is 604 g/mol. The van der Waals surface area contributed by atoms with E-state index in [9.17, 15) is 31.9 Å². The second kappa shape index (κ2) is 11.2. The SMILES string of the molecule is CC(C)N1CCC2(CC1)CN(c1ccccc1NC(=O)Nc1ccc(OC(C)(F)F)cc1)c1c(O)ccc(C(F)(F)F)c12. The number of nitrogens with one attached hydrogen (secondary N) is 2. The highest BCUT2D eigenvalue weighted by molar-refractivity contribution is 6.02. The summed E-state index contributed by atoms with van der Waals surface area (Å²) in [6.45, 7) is 6.14. The number of para-hydroxylation sites is 2. The summed E-state index contributed by atoms with van der Waals surface area (Å²) in [6.07, 6.45) is -7.04. The van der Waals surface area contributed by atoms with Crippen LogP contribution in [0.2, 0.25) is 0 Å². The molecule has 2 amide bonds. The van der Waals surface area contributed by atoms with Gasteiger partial charge in [-0.05, 0) is 93.9 Å². The van der Waals surface area contributed by atoms with Gasteiger partial charge in [0.15, 0.2) is 0 Å². The van der Waals surface area contributed by atoms with E-state index < -0.39 is 29.3 Å². The first kappa shape index (κ1) is 30.4. The predicted molar refractivity (Wildman–Crippen MR) is 155 cm³/mol. The Hall–Kier alpha value is -4.06. The third-order valence-corrected chi connectivity index (χ3v) is 8.06. The van der Waals surface area contributed by atoms with Crippen LogP contribution in [0.25, 0.3) is 0 Å². The van der Waals surface area contributed by atoms with Gasteiger partial charge >= 0.3 is 18.3 Å². The molecule has 1 fully saturated rings. The summed E-state index contributed by atoms with van der Waals surface area (Å²) in [5, 5.41) is 16.3. The molecule has 1 spiro atoms. The van der Waals surface area contributed by atoms with Gasteiger partial charge in [0.1, 0.15) is 11.5 Å². The number of halogens is 5. The van der Waals surface area contributed by atoms with E-state index in [1.807, 2.05) is 0 Å². The van der Waals surface area contributed by atoms with Gasteiger partial charge in [-0.25, -0.2) is 4.79 Å². The predicted octanol–water partition coefficient (Wildman–Crippen LogP) is 7.94. The van der Waals surface area contributed by atoms with E-state index >= 15 is 0 Å². The zero-order valence-corrected chi connectivity index (χ0v) is 23.9. The van der Waals surface area contributed by atoms with Crippen LogP contribution in [0, 0.1) is 0 Å². The molecule has 3 aromatic rings. The van der Waals surface area contributed by atoms with Gasteiger partial charge in [-0.15, -0.1) is 0 Å². The maximum absolute atomic E-state index is 14.4. The molecule has 230 valence electrons. The Morgan fingerprint density at radius 2 is 1.60 bits per heavy atom. The molecule has 0 unspecified atom stereocenters. The lowest BCUT2D eigenvalue weighted by molar-refractivity contribution is -0.159. The second-order valence-electron chi connectivity index (χ2n) is 11.4. The van der Waals surface area contributed by atoms with Crippen LogP contribution in [0.1, 0.15) is 44.7 Å². The Kier molecular flexibility index (Phi) is 7.93. The van der Waals surface area contributed by atoms with Crippen molar-refractivity contribution in [1.29, 1.82) is 0 Å². The minimum atomic E-state index is -4.62. The van der Waals surface area contributed by atoms with Crippen molar-refractivity contribution >= 4 is 28.8 Å². The topological polar surface area (TPSA) is 77.1 Å². The third-order valence-electron chi connectivity index (χ3n) is 8.06. The lowest BCUT2D eigenvalue weighted by atomic mass is 9.72. The van der Waals surface area contributed by atoms with Crippen molar-refractivity contribution in [1.82, 2.24) is 4.90 Å². The van der Waals surface area contributed by atoms with Gasteiger partial charge < -0.3 is 30.3 Å². The molecule has 0 saturated carbocycles. The number of amides is 2. The minimum Gasteiger partial charge on any atom is -0.506 e. The maximum Gasteiger partial charge on any atom is 0.416 e. The number of anilines is 4. The molecule has 2 aliphatic heterocycles. The summed E-state index contributed by atoms with van der Waals surface area (Å²) in [5.41, 5.74) is -0.420. The van der Waals surface area contributed by atoms with Crippen LogP contribution in [-0.2, 0) is 11.6 Å². The number of hydrogen-bond donors (Lipinski definition) is 3. The van der Waals surface area contributed by atoms with Gasteiger partial charge in [0.25, 0.3) is 0 Å². The van der Waals surface area contributed by atoms with Crippen molar-refractivity contribution in [3.63, 3.8) is 0 Å². The number of benzene rings is 3. The lowest BCUT2D eigenvalue weighted by Gasteiger charge is -2.42. The summed E-state index contributed by atoms with van der Waals surface area (Å²) in [4.78, 5) is 16.9. The number of phenolic OH excluding ortho intramolecular Hbond substituents is 1. The summed E-state index contributed by atoms with van der Waals surface area (Å²) >= 11 is 0. The molecular formula is C31H33F5N4O3. The van der Waals surface area contributed by atoms with Gasteiger partial charge in [0.2, 0.25) is 0 Å². The van der Waals surface area contributed by atoms with Crippen molar-refractivity contribution in [3.8, 4) is 11.5 Å². The van der Waals surface area contributed by atoms with E-state index in [2.05, 4.69) is 34.1 Å². The average molecular weight is 605 g/mol. The number of urea groups is 1. The Morgan fingerprint density at radius 1 is 0.953 bits per heavy atom. The molecule has 0 aliphatic carbocycles. The highest BCUT2D eigenvalue weighted by atomic mass is 19.4. The molecule has 3 aromatic carbocycles. The number of phenols is 1. The summed E-state index contributed by atoms with van der Waals surface area (Å²) in [5.74, 6) is -0.354. The van der Waals surface area contributed by atoms with Crippen molar-refractivity contribution in [2.75, 3.05) is 35.2 Å². The maximum atomic E-state index is 14.4. The van der Waals surface area contributed by atoms with Crippen molar-refractivity contribution < 1.29 is 36.6 Å².